The topological polar surface area (TPSA) is 62.2 Å². The van der Waals surface area contributed by atoms with E-state index in [0.29, 0.717) is 10.7 Å². The van der Waals surface area contributed by atoms with E-state index in [9.17, 15) is 9.90 Å². The molecule has 0 aliphatic carbocycles. The molecule has 2 heterocycles. The van der Waals surface area contributed by atoms with Crippen LogP contribution in [0.3, 0.4) is 0 Å². The number of anilines is 2. The van der Waals surface area contributed by atoms with Crippen LogP contribution in [-0.4, -0.2) is 15.4 Å². The molecule has 0 radical (unpaired) electrons. The first-order valence-corrected chi connectivity index (χ1v) is 7.24. The fourth-order valence-corrected chi connectivity index (χ4v) is 3.46. The zero-order chi connectivity index (χ0) is 13.4. The minimum atomic E-state index is -0.953. The van der Waals surface area contributed by atoms with Crippen molar-refractivity contribution in [3.8, 4) is 0 Å². The first kappa shape index (κ1) is 12.1. The molecule has 0 spiro atoms. The van der Waals surface area contributed by atoms with Crippen molar-refractivity contribution in [2.45, 2.75) is 6.92 Å². The van der Waals surface area contributed by atoms with Gasteiger partial charge in [-0.3, -0.25) is 0 Å². The third-order valence-corrected chi connectivity index (χ3v) is 4.54. The molecule has 0 amide bonds. The third-order valence-electron chi connectivity index (χ3n) is 2.79. The summed E-state index contributed by atoms with van der Waals surface area (Å²) in [6, 6.07) is 8.02. The molecule has 6 heteroatoms. The third kappa shape index (κ3) is 2.20. The predicted molar refractivity (Wildman–Crippen MR) is 78.9 cm³/mol. The van der Waals surface area contributed by atoms with E-state index in [2.05, 4.69) is 9.69 Å². The van der Waals surface area contributed by atoms with Gasteiger partial charge in [0, 0.05) is 10.4 Å². The minimum absolute atomic E-state index is 0.246. The lowest BCUT2D eigenvalue weighted by molar-refractivity contribution is 0.0697. The maximum absolute atomic E-state index is 11.2. The van der Waals surface area contributed by atoms with Gasteiger partial charge in [-0.25, -0.2) is 4.79 Å². The van der Waals surface area contributed by atoms with E-state index >= 15 is 0 Å². The van der Waals surface area contributed by atoms with Crippen molar-refractivity contribution in [2.75, 3.05) is 5.32 Å². The lowest BCUT2D eigenvalue weighted by atomic mass is 10.2. The van der Waals surface area contributed by atoms with E-state index in [0.717, 1.165) is 11.1 Å². The molecule has 1 aromatic carbocycles. The summed E-state index contributed by atoms with van der Waals surface area (Å²) >= 11 is 2.85. The van der Waals surface area contributed by atoms with Crippen LogP contribution >= 0.6 is 22.9 Å². The van der Waals surface area contributed by atoms with Gasteiger partial charge in [-0.1, -0.05) is 0 Å². The van der Waals surface area contributed by atoms with E-state index in [4.69, 9.17) is 0 Å². The number of aryl methyl sites for hydroxylation is 1. The van der Waals surface area contributed by atoms with E-state index in [1.807, 2.05) is 29.6 Å². The second kappa shape index (κ2) is 4.64. The fraction of sp³-hybridized carbons (Fsp3) is 0.0769. The average molecular weight is 290 g/mol. The predicted octanol–water partition coefficient (Wildman–Crippen LogP) is 4.11. The molecule has 0 aliphatic rings. The zero-order valence-corrected chi connectivity index (χ0v) is 11.6. The average Bonchev–Trinajstić information content (AvgIpc) is 2.95. The zero-order valence-electron chi connectivity index (χ0n) is 10.0. The fourth-order valence-electron chi connectivity index (χ4n) is 1.88. The normalized spacial score (nSPS) is 10.8. The molecule has 3 aromatic rings. The van der Waals surface area contributed by atoms with Gasteiger partial charge in [0.25, 0.3) is 0 Å². The molecule has 0 atom stereocenters. The molecule has 3 rings (SSSR count). The highest BCUT2D eigenvalue weighted by Crippen LogP contribution is 2.30. The number of carbonyl (C=O) groups is 1. The summed E-state index contributed by atoms with van der Waals surface area (Å²) in [7, 11) is 0. The molecule has 96 valence electrons. The smallest absolute Gasteiger partial charge is 0.340 e. The molecule has 0 bridgehead atoms. The van der Waals surface area contributed by atoms with Crippen molar-refractivity contribution in [3.05, 3.63) is 40.9 Å². The number of rotatable bonds is 3. The van der Waals surface area contributed by atoms with E-state index < -0.39 is 5.97 Å². The molecule has 0 fully saturated rings. The van der Waals surface area contributed by atoms with Crippen molar-refractivity contribution >= 4 is 49.6 Å². The van der Waals surface area contributed by atoms with Gasteiger partial charge in [-0.15, -0.1) is 11.3 Å². The first-order chi connectivity index (χ1) is 9.15. The highest BCUT2D eigenvalue weighted by molar-refractivity contribution is 7.17. The number of carboxylic acids is 1. The van der Waals surface area contributed by atoms with Crippen LogP contribution in [0.1, 0.15) is 16.1 Å². The summed E-state index contributed by atoms with van der Waals surface area (Å²) in [6.45, 7) is 1.70. The summed E-state index contributed by atoms with van der Waals surface area (Å²) in [4.78, 5) is 11.2. The van der Waals surface area contributed by atoms with Crippen LogP contribution < -0.4 is 5.32 Å². The quantitative estimate of drug-likeness (QED) is 0.762. The lowest BCUT2D eigenvalue weighted by Crippen LogP contribution is -2.01. The maximum atomic E-state index is 11.2. The Hall–Kier alpha value is -1.92. The number of carboxylic acid groups (broad SMARTS) is 1. The Morgan fingerprint density at radius 3 is 3.00 bits per heavy atom. The number of nitrogens with one attached hydrogen (secondary N) is 1. The first-order valence-electron chi connectivity index (χ1n) is 5.59. The van der Waals surface area contributed by atoms with Gasteiger partial charge in [-0.2, -0.15) is 4.37 Å². The Balaban J connectivity index is 1.98. The molecule has 0 aliphatic heterocycles. The van der Waals surface area contributed by atoms with Crippen LogP contribution in [-0.2, 0) is 0 Å². The number of hydrogen-bond donors (Lipinski definition) is 2. The molecular weight excluding hydrogens is 280 g/mol. The molecule has 0 saturated heterocycles. The summed E-state index contributed by atoms with van der Waals surface area (Å²) in [5.74, 6) is -0.953. The van der Waals surface area contributed by atoms with Crippen molar-refractivity contribution < 1.29 is 9.90 Å². The second-order valence-electron chi connectivity index (χ2n) is 4.08. The number of nitrogens with zero attached hydrogens (tertiary/aromatic N) is 1. The molecule has 4 nitrogen and oxygen atoms in total. The monoisotopic (exact) mass is 290 g/mol. The summed E-state index contributed by atoms with van der Waals surface area (Å²) in [6.07, 6.45) is 0. The number of aromatic nitrogens is 1. The van der Waals surface area contributed by atoms with E-state index in [-0.39, 0.29) is 5.56 Å². The molecule has 0 saturated carbocycles. The minimum Gasteiger partial charge on any atom is -0.478 e. The lowest BCUT2D eigenvalue weighted by Gasteiger charge is -2.05. The largest absolute Gasteiger partial charge is 0.478 e. The molecule has 2 aromatic heterocycles. The number of hydrogen-bond acceptors (Lipinski definition) is 5. The molecule has 2 N–H and O–H groups in total. The number of thiophene rings is 1. The Bertz CT molecular complexity index is 761. The van der Waals surface area contributed by atoms with Gasteiger partial charge in [0.1, 0.15) is 10.6 Å². The van der Waals surface area contributed by atoms with Crippen LogP contribution in [0.5, 0.6) is 0 Å². The van der Waals surface area contributed by atoms with Crippen molar-refractivity contribution in [2.24, 2.45) is 0 Å². The van der Waals surface area contributed by atoms with Gasteiger partial charge in [0.05, 0.1) is 5.69 Å². The second-order valence-corrected chi connectivity index (χ2v) is 5.80. The Kier molecular flexibility index (Phi) is 2.96. The van der Waals surface area contributed by atoms with Crippen LogP contribution in [0, 0.1) is 6.92 Å². The highest BCUT2D eigenvalue weighted by atomic mass is 32.1. The number of fused-ring (bicyclic) bond motifs is 1. The summed E-state index contributed by atoms with van der Waals surface area (Å²) in [5.41, 5.74) is 1.66. The van der Waals surface area contributed by atoms with E-state index in [1.165, 1.54) is 16.2 Å². The Morgan fingerprint density at radius 2 is 2.21 bits per heavy atom. The molecule has 19 heavy (non-hydrogen) atoms. The number of aromatic carboxylic acids is 1. The van der Waals surface area contributed by atoms with Gasteiger partial charge in [0.15, 0.2) is 0 Å². The van der Waals surface area contributed by atoms with Crippen LogP contribution in [0.15, 0.2) is 29.6 Å². The Labute approximate surface area is 117 Å². The van der Waals surface area contributed by atoms with Crippen molar-refractivity contribution in [3.63, 3.8) is 0 Å². The van der Waals surface area contributed by atoms with Crippen LogP contribution in [0.2, 0.25) is 0 Å². The van der Waals surface area contributed by atoms with Crippen molar-refractivity contribution in [1.29, 1.82) is 0 Å². The standard InChI is InChI=1S/C13H10N2O2S2/c1-7-11(13(16)17)12(19-15-7)14-9-2-3-10-8(6-9)4-5-18-10/h2-6,14H,1H3,(H,16,17). The SMILES string of the molecule is Cc1nsc(Nc2ccc3sccc3c2)c1C(=O)O. The Morgan fingerprint density at radius 1 is 1.37 bits per heavy atom. The maximum Gasteiger partial charge on any atom is 0.340 e. The number of benzene rings is 1. The van der Waals surface area contributed by atoms with Crippen molar-refractivity contribution in [1.82, 2.24) is 4.37 Å². The molecular formula is C13H10N2O2S2. The van der Waals surface area contributed by atoms with Gasteiger partial charge < -0.3 is 10.4 Å². The summed E-state index contributed by atoms with van der Waals surface area (Å²) in [5, 5.41) is 16.1. The van der Waals surface area contributed by atoms with Crippen LogP contribution in [0.25, 0.3) is 10.1 Å². The van der Waals surface area contributed by atoms with Gasteiger partial charge in [-0.05, 0) is 53.5 Å². The highest BCUT2D eigenvalue weighted by Gasteiger charge is 2.17. The van der Waals surface area contributed by atoms with Crippen LogP contribution in [0.4, 0.5) is 10.7 Å². The van der Waals surface area contributed by atoms with E-state index in [1.54, 1.807) is 18.3 Å². The summed E-state index contributed by atoms with van der Waals surface area (Å²) < 4.78 is 5.30. The van der Waals surface area contributed by atoms with Gasteiger partial charge >= 0.3 is 5.97 Å². The van der Waals surface area contributed by atoms with Gasteiger partial charge in [0.2, 0.25) is 0 Å². The molecule has 0 unspecified atom stereocenters.